The molecule has 0 atom stereocenters. The molecular weight excluding hydrogens is 384 g/mol. The summed E-state index contributed by atoms with van der Waals surface area (Å²) in [4.78, 5) is 17.5. The van der Waals surface area contributed by atoms with Crippen LogP contribution in [0.3, 0.4) is 0 Å². The van der Waals surface area contributed by atoms with Crippen LogP contribution in [-0.4, -0.2) is 32.2 Å². The number of pyridine rings is 1. The highest BCUT2D eigenvalue weighted by Crippen LogP contribution is 2.40. The number of carbonyl (C=O) groups excluding carboxylic acids is 1. The zero-order valence-corrected chi connectivity index (χ0v) is 16.9. The van der Waals surface area contributed by atoms with E-state index in [2.05, 4.69) is 20.9 Å². The van der Waals surface area contributed by atoms with Crippen LogP contribution in [0.2, 0.25) is 0 Å². The molecule has 1 amide bonds. The predicted molar refractivity (Wildman–Crippen MR) is 115 cm³/mol. The van der Waals surface area contributed by atoms with Crippen LogP contribution in [0.1, 0.15) is 22.2 Å². The van der Waals surface area contributed by atoms with E-state index in [1.54, 1.807) is 18.2 Å². The molecule has 4 rings (SSSR count). The van der Waals surface area contributed by atoms with Gasteiger partial charge >= 0.3 is 0 Å². The smallest absolute Gasteiger partial charge is 0.260 e. The summed E-state index contributed by atoms with van der Waals surface area (Å²) >= 11 is 0. The Labute approximate surface area is 174 Å². The molecule has 8 heteroatoms. The summed E-state index contributed by atoms with van der Waals surface area (Å²) in [6.45, 7) is 0. The fourth-order valence-corrected chi connectivity index (χ4v) is 3.38. The Morgan fingerprint density at radius 2 is 1.57 bits per heavy atom. The average Bonchev–Trinajstić information content (AvgIpc) is 3.22. The standard InChI is InChI=1S/C22H22N4O4/c1-28-17-12-11-13(19(29-2)20(17)30-3)22(27)26-18-10-6-9-16(23-18)21-24-14-7-4-5-8-15(14)25-21/h4-12,21,24-25H,1-3H3,(H,23,26,27). The molecule has 2 aromatic carbocycles. The van der Waals surface area contributed by atoms with E-state index in [-0.39, 0.29) is 12.1 Å². The summed E-state index contributed by atoms with van der Waals surface area (Å²) < 4.78 is 16.0. The molecule has 0 spiro atoms. The number of methoxy groups -OCH3 is 3. The Balaban J connectivity index is 1.56. The number of benzene rings is 2. The summed E-state index contributed by atoms with van der Waals surface area (Å²) in [5, 5.41) is 9.57. The maximum absolute atomic E-state index is 12.9. The topological polar surface area (TPSA) is 93.7 Å². The largest absolute Gasteiger partial charge is 0.493 e. The van der Waals surface area contributed by atoms with E-state index in [0.717, 1.165) is 17.1 Å². The van der Waals surface area contributed by atoms with Crippen LogP contribution in [0, 0.1) is 0 Å². The molecule has 0 saturated carbocycles. The van der Waals surface area contributed by atoms with Crippen molar-refractivity contribution in [2.75, 3.05) is 37.3 Å². The molecule has 154 valence electrons. The first-order valence-corrected chi connectivity index (χ1v) is 9.34. The normalized spacial score (nSPS) is 12.4. The molecule has 0 radical (unpaired) electrons. The molecule has 0 bridgehead atoms. The van der Waals surface area contributed by atoms with Gasteiger partial charge in [-0.1, -0.05) is 18.2 Å². The van der Waals surface area contributed by atoms with Crippen LogP contribution in [0.25, 0.3) is 0 Å². The number of carbonyl (C=O) groups is 1. The first-order chi connectivity index (χ1) is 14.6. The third-order valence-corrected chi connectivity index (χ3v) is 4.78. The highest BCUT2D eigenvalue weighted by molar-refractivity contribution is 6.06. The number of ether oxygens (including phenoxy) is 3. The van der Waals surface area contributed by atoms with Crippen molar-refractivity contribution in [2.24, 2.45) is 0 Å². The number of hydrogen-bond donors (Lipinski definition) is 3. The fourth-order valence-electron chi connectivity index (χ4n) is 3.38. The van der Waals surface area contributed by atoms with E-state index in [1.807, 2.05) is 36.4 Å². The van der Waals surface area contributed by atoms with E-state index < -0.39 is 0 Å². The lowest BCUT2D eigenvalue weighted by molar-refractivity contribution is 0.102. The molecule has 1 aromatic heterocycles. The number of para-hydroxylation sites is 2. The van der Waals surface area contributed by atoms with Crippen LogP contribution in [-0.2, 0) is 0 Å². The zero-order chi connectivity index (χ0) is 21.1. The van der Waals surface area contributed by atoms with Crippen LogP contribution in [0.5, 0.6) is 17.2 Å². The van der Waals surface area contributed by atoms with Gasteiger partial charge in [-0.3, -0.25) is 4.79 Å². The number of rotatable bonds is 6. The number of amides is 1. The number of anilines is 3. The molecule has 0 fully saturated rings. The summed E-state index contributed by atoms with van der Waals surface area (Å²) in [6.07, 6.45) is -0.185. The Kier molecular flexibility index (Phi) is 5.30. The van der Waals surface area contributed by atoms with Crippen molar-refractivity contribution in [3.63, 3.8) is 0 Å². The number of fused-ring (bicyclic) bond motifs is 1. The van der Waals surface area contributed by atoms with Gasteiger partial charge in [-0.15, -0.1) is 0 Å². The Bertz CT molecular complexity index is 1060. The molecular formula is C22H22N4O4. The van der Waals surface area contributed by atoms with Crippen molar-refractivity contribution in [3.05, 3.63) is 65.9 Å². The Morgan fingerprint density at radius 1 is 0.867 bits per heavy atom. The van der Waals surface area contributed by atoms with Gasteiger partial charge in [0.1, 0.15) is 12.0 Å². The first kappa shape index (κ1) is 19.4. The van der Waals surface area contributed by atoms with Crippen molar-refractivity contribution >= 4 is 23.1 Å². The maximum atomic E-state index is 12.9. The second kappa shape index (κ2) is 8.20. The molecule has 0 saturated heterocycles. The second-order valence-corrected chi connectivity index (χ2v) is 6.55. The maximum Gasteiger partial charge on any atom is 0.260 e. The van der Waals surface area contributed by atoms with Crippen molar-refractivity contribution < 1.29 is 19.0 Å². The van der Waals surface area contributed by atoms with Crippen LogP contribution >= 0.6 is 0 Å². The molecule has 0 unspecified atom stereocenters. The quantitative estimate of drug-likeness (QED) is 0.572. The fraction of sp³-hybridized carbons (Fsp3) is 0.182. The summed E-state index contributed by atoms with van der Waals surface area (Å²) in [5.41, 5.74) is 3.08. The van der Waals surface area contributed by atoms with Gasteiger partial charge in [-0.05, 0) is 36.4 Å². The van der Waals surface area contributed by atoms with Crippen LogP contribution < -0.4 is 30.2 Å². The monoisotopic (exact) mass is 406 g/mol. The third kappa shape index (κ3) is 3.55. The van der Waals surface area contributed by atoms with Crippen molar-refractivity contribution in [1.82, 2.24) is 4.98 Å². The zero-order valence-electron chi connectivity index (χ0n) is 16.9. The highest BCUT2D eigenvalue weighted by atomic mass is 16.5. The van der Waals surface area contributed by atoms with Gasteiger partial charge in [-0.25, -0.2) is 4.98 Å². The average molecular weight is 406 g/mol. The Hall–Kier alpha value is -3.94. The van der Waals surface area contributed by atoms with Crippen LogP contribution in [0.4, 0.5) is 17.2 Å². The Morgan fingerprint density at radius 3 is 2.20 bits per heavy atom. The lowest BCUT2D eigenvalue weighted by atomic mass is 10.1. The molecule has 1 aliphatic rings. The summed E-state index contributed by atoms with van der Waals surface area (Å²) in [6, 6.07) is 16.7. The van der Waals surface area contributed by atoms with Gasteiger partial charge in [0.15, 0.2) is 11.5 Å². The minimum Gasteiger partial charge on any atom is -0.493 e. The van der Waals surface area contributed by atoms with E-state index in [0.29, 0.717) is 28.6 Å². The van der Waals surface area contributed by atoms with Gasteiger partial charge in [0.05, 0.1) is 44.0 Å². The predicted octanol–water partition coefficient (Wildman–Crippen LogP) is 3.90. The SMILES string of the molecule is COc1ccc(C(=O)Nc2cccc(C3Nc4ccccc4N3)n2)c(OC)c1OC. The van der Waals surface area contributed by atoms with Crippen molar-refractivity contribution in [3.8, 4) is 17.2 Å². The van der Waals surface area contributed by atoms with Gasteiger partial charge < -0.3 is 30.2 Å². The van der Waals surface area contributed by atoms with Crippen LogP contribution in [0.15, 0.2) is 54.6 Å². The summed E-state index contributed by atoms with van der Waals surface area (Å²) in [7, 11) is 4.49. The second-order valence-electron chi connectivity index (χ2n) is 6.55. The van der Waals surface area contributed by atoms with Crippen molar-refractivity contribution in [2.45, 2.75) is 6.17 Å². The lowest BCUT2D eigenvalue weighted by Crippen LogP contribution is -2.17. The minimum atomic E-state index is -0.368. The van der Waals surface area contributed by atoms with Gasteiger partial charge in [-0.2, -0.15) is 0 Å². The van der Waals surface area contributed by atoms with E-state index in [9.17, 15) is 4.79 Å². The number of nitrogens with zero attached hydrogens (tertiary/aromatic N) is 1. The minimum absolute atomic E-state index is 0.185. The van der Waals surface area contributed by atoms with E-state index in [1.165, 1.54) is 21.3 Å². The molecule has 8 nitrogen and oxygen atoms in total. The third-order valence-electron chi connectivity index (χ3n) is 4.78. The molecule has 30 heavy (non-hydrogen) atoms. The number of hydrogen-bond acceptors (Lipinski definition) is 7. The molecule has 3 aromatic rings. The van der Waals surface area contributed by atoms with Gasteiger partial charge in [0.2, 0.25) is 5.75 Å². The lowest BCUT2D eigenvalue weighted by Gasteiger charge is -2.16. The summed E-state index contributed by atoms with van der Waals surface area (Å²) in [5.74, 6) is 1.18. The molecule has 1 aliphatic heterocycles. The molecule has 3 N–H and O–H groups in total. The number of aromatic nitrogens is 1. The van der Waals surface area contributed by atoms with E-state index in [4.69, 9.17) is 14.2 Å². The molecule has 2 heterocycles. The molecule has 0 aliphatic carbocycles. The first-order valence-electron chi connectivity index (χ1n) is 9.34. The van der Waals surface area contributed by atoms with Gasteiger partial charge in [0.25, 0.3) is 5.91 Å². The van der Waals surface area contributed by atoms with E-state index >= 15 is 0 Å². The van der Waals surface area contributed by atoms with Gasteiger partial charge in [0, 0.05) is 0 Å². The highest BCUT2D eigenvalue weighted by Gasteiger charge is 2.23. The van der Waals surface area contributed by atoms with Crippen molar-refractivity contribution in [1.29, 1.82) is 0 Å². The number of nitrogens with one attached hydrogen (secondary N) is 3.